The number of fused-ring (bicyclic) bond motifs is 2. The lowest BCUT2D eigenvalue weighted by Gasteiger charge is -2.12. The molecule has 1 aromatic carbocycles. The summed E-state index contributed by atoms with van der Waals surface area (Å²) in [5, 5.41) is 4.50. The molecule has 2 aliphatic carbocycles. The molecule has 9 nitrogen and oxygen atoms in total. The fraction of sp³-hybridized carbons (Fsp3) is 0.304. The zero-order valence-electron chi connectivity index (χ0n) is 17.6. The molecule has 0 aliphatic heterocycles. The van der Waals surface area contributed by atoms with E-state index in [1.54, 1.807) is 10.8 Å². The molecule has 166 valence electrons. The van der Waals surface area contributed by atoms with E-state index in [1.165, 1.54) is 11.8 Å². The van der Waals surface area contributed by atoms with Crippen molar-refractivity contribution in [1.29, 1.82) is 0 Å². The fourth-order valence-corrected chi connectivity index (χ4v) is 4.79. The van der Waals surface area contributed by atoms with Crippen molar-refractivity contribution >= 4 is 45.3 Å². The molecule has 0 unspecified atom stereocenters. The van der Waals surface area contributed by atoms with Gasteiger partial charge in [-0.25, -0.2) is 14.8 Å². The van der Waals surface area contributed by atoms with Crippen molar-refractivity contribution in [2.45, 2.75) is 42.7 Å². The van der Waals surface area contributed by atoms with Crippen molar-refractivity contribution in [1.82, 2.24) is 24.5 Å². The van der Waals surface area contributed by atoms with Crippen LogP contribution in [0.15, 0.2) is 51.1 Å². The molecule has 0 bridgehead atoms. The summed E-state index contributed by atoms with van der Waals surface area (Å²) in [6.45, 7) is 0. The van der Waals surface area contributed by atoms with Crippen LogP contribution in [0.25, 0.3) is 21.9 Å². The molecule has 6 rings (SSSR count). The van der Waals surface area contributed by atoms with Crippen LogP contribution < -0.4 is 16.6 Å². The Morgan fingerprint density at radius 3 is 2.76 bits per heavy atom. The lowest BCUT2D eigenvalue weighted by molar-refractivity contribution is -0.113. The van der Waals surface area contributed by atoms with Gasteiger partial charge in [-0.3, -0.25) is 24.1 Å². The van der Waals surface area contributed by atoms with Gasteiger partial charge in [0.05, 0.1) is 17.0 Å². The fourth-order valence-electron chi connectivity index (χ4n) is 3.97. The lowest BCUT2D eigenvalue weighted by atomic mass is 10.2. The first-order valence-corrected chi connectivity index (χ1v) is 11.9. The van der Waals surface area contributed by atoms with Crippen LogP contribution in [-0.2, 0) is 4.79 Å². The summed E-state index contributed by atoms with van der Waals surface area (Å²) >= 11 is 1.19. The van der Waals surface area contributed by atoms with Gasteiger partial charge >= 0.3 is 5.69 Å². The number of carbonyl (C=O) groups excluding carboxylic acids is 1. The molecule has 0 atom stereocenters. The van der Waals surface area contributed by atoms with Gasteiger partial charge in [0.15, 0.2) is 5.65 Å². The van der Waals surface area contributed by atoms with Crippen LogP contribution >= 0.6 is 11.8 Å². The number of nitrogens with one attached hydrogen (secondary N) is 2. The van der Waals surface area contributed by atoms with Crippen molar-refractivity contribution in [3.8, 4) is 0 Å². The SMILES string of the molecule is O=C(CSc1nc(C2CC2)nc2c1c(=O)[nH]c(=O)n2C1CC1)Nc1cccc2ncccc12. The zero-order valence-corrected chi connectivity index (χ0v) is 18.4. The number of H-pyrrole nitrogens is 1. The topological polar surface area (TPSA) is 123 Å². The van der Waals surface area contributed by atoms with Crippen molar-refractivity contribution in [3.05, 3.63) is 63.2 Å². The van der Waals surface area contributed by atoms with E-state index in [0.29, 0.717) is 22.2 Å². The largest absolute Gasteiger partial charge is 0.330 e. The summed E-state index contributed by atoms with van der Waals surface area (Å²) in [4.78, 5) is 54.0. The molecule has 2 aliphatic rings. The van der Waals surface area contributed by atoms with E-state index in [9.17, 15) is 14.4 Å². The molecule has 0 radical (unpaired) electrons. The Morgan fingerprint density at radius 2 is 1.97 bits per heavy atom. The second kappa shape index (κ2) is 7.80. The smallest absolute Gasteiger partial charge is 0.325 e. The number of rotatable bonds is 6. The van der Waals surface area contributed by atoms with Gasteiger partial charge in [0.1, 0.15) is 16.2 Å². The molecule has 33 heavy (non-hydrogen) atoms. The number of aromatic amines is 1. The third kappa shape index (κ3) is 3.80. The molecule has 3 heterocycles. The van der Waals surface area contributed by atoms with Gasteiger partial charge in [0.2, 0.25) is 5.91 Å². The minimum Gasteiger partial charge on any atom is -0.325 e. The number of pyridine rings is 1. The first kappa shape index (κ1) is 20.1. The molecule has 2 N–H and O–H groups in total. The maximum Gasteiger partial charge on any atom is 0.330 e. The van der Waals surface area contributed by atoms with Crippen molar-refractivity contribution < 1.29 is 4.79 Å². The van der Waals surface area contributed by atoms with Crippen LogP contribution in [0.4, 0.5) is 5.69 Å². The Kier molecular flexibility index (Phi) is 4.75. The quantitative estimate of drug-likeness (QED) is 0.335. The molecule has 1 amide bonds. The first-order chi connectivity index (χ1) is 16.1. The Balaban J connectivity index is 1.33. The Morgan fingerprint density at radius 1 is 1.12 bits per heavy atom. The van der Waals surface area contributed by atoms with Gasteiger partial charge in [-0.2, -0.15) is 0 Å². The highest BCUT2D eigenvalue weighted by Gasteiger charge is 2.32. The minimum absolute atomic E-state index is 0.0555. The van der Waals surface area contributed by atoms with Gasteiger partial charge in [-0.15, -0.1) is 0 Å². The summed E-state index contributed by atoms with van der Waals surface area (Å²) in [7, 11) is 0. The zero-order chi connectivity index (χ0) is 22.5. The number of benzene rings is 1. The lowest BCUT2D eigenvalue weighted by Crippen LogP contribution is -2.31. The van der Waals surface area contributed by atoms with E-state index in [2.05, 4.69) is 25.3 Å². The minimum atomic E-state index is -0.516. The van der Waals surface area contributed by atoms with Crippen LogP contribution in [0.2, 0.25) is 0 Å². The number of amides is 1. The molecule has 2 fully saturated rings. The summed E-state index contributed by atoms with van der Waals surface area (Å²) in [6.07, 6.45) is 5.45. The van der Waals surface area contributed by atoms with Gasteiger partial charge in [-0.05, 0) is 49.9 Å². The molecule has 0 saturated heterocycles. The summed E-state index contributed by atoms with van der Waals surface area (Å²) in [5.41, 5.74) is 0.901. The highest BCUT2D eigenvalue weighted by atomic mass is 32.2. The van der Waals surface area contributed by atoms with E-state index >= 15 is 0 Å². The van der Waals surface area contributed by atoms with Crippen LogP contribution in [-0.4, -0.2) is 36.2 Å². The number of aromatic nitrogens is 5. The Hall–Kier alpha value is -3.53. The maximum absolute atomic E-state index is 12.8. The standard InChI is InChI=1S/C23H20N6O3S/c30-17(25-16-5-1-4-15-14(16)3-2-10-24-15)11-33-22-18-20(26-19(27-22)12-6-7-12)29(13-8-9-13)23(32)28-21(18)31/h1-5,10,12-13H,6-9,11H2,(H,25,30)(H,28,31,32). The predicted molar refractivity (Wildman–Crippen MR) is 126 cm³/mol. The van der Waals surface area contributed by atoms with Crippen molar-refractivity contribution in [2.75, 3.05) is 11.1 Å². The van der Waals surface area contributed by atoms with Gasteiger partial charge in [0.25, 0.3) is 5.56 Å². The molecule has 10 heteroatoms. The Labute approximate surface area is 191 Å². The van der Waals surface area contributed by atoms with Crippen LogP contribution in [0.3, 0.4) is 0 Å². The number of anilines is 1. The third-order valence-corrected chi connectivity index (χ3v) is 6.86. The molecule has 2 saturated carbocycles. The normalized spacial score (nSPS) is 15.8. The van der Waals surface area contributed by atoms with Crippen molar-refractivity contribution in [2.24, 2.45) is 0 Å². The maximum atomic E-state index is 12.8. The van der Waals surface area contributed by atoms with Crippen LogP contribution in [0.5, 0.6) is 0 Å². The van der Waals surface area contributed by atoms with E-state index in [-0.39, 0.29) is 29.0 Å². The van der Waals surface area contributed by atoms with E-state index < -0.39 is 11.2 Å². The highest BCUT2D eigenvalue weighted by Crippen LogP contribution is 2.40. The number of nitrogens with zero attached hydrogens (tertiary/aromatic N) is 4. The monoisotopic (exact) mass is 460 g/mol. The molecule has 3 aromatic heterocycles. The van der Waals surface area contributed by atoms with Crippen LogP contribution in [0, 0.1) is 0 Å². The average molecular weight is 461 g/mol. The van der Waals surface area contributed by atoms with Crippen LogP contribution in [0.1, 0.15) is 43.5 Å². The second-order valence-corrected chi connectivity index (χ2v) is 9.40. The molecular weight excluding hydrogens is 440 g/mol. The average Bonchev–Trinajstić information content (AvgIpc) is 3.71. The third-order valence-electron chi connectivity index (χ3n) is 5.88. The Bertz CT molecular complexity index is 1530. The van der Waals surface area contributed by atoms with E-state index in [1.807, 2.05) is 30.3 Å². The van der Waals surface area contributed by atoms with Gasteiger partial charge in [0, 0.05) is 23.5 Å². The first-order valence-electron chi connectivity index (χ1n) is 10.9. The summed E-state index contributed by atoms with van der Waals surface area (Å²) in [6, 6.07) is 9.34. The number of carbonyl (C=O) groups is 1. The van der Waals surface area contributed by atoms with Gasteiger partial charge < -0.3 is 5.32 Å². The summed E-state index contributed by atoms with van der Waals surface area (Å²) in [5.74, 6) is 0.732. The molecular formula is C23H20N6O3S. The summed E-state index contributed by atoms with van der Waals surface area (Å²) < 4.78 is 1.58. The highest BCUT2D eigenvalue weighted by molar-refractivity contribution is 8.00. The number of hydrogen-bond donors (Lipinski definition) is 2. The van der Waals surface area contributed by atoms with Crippen molar-refractivity contribution in [3.63, 3.8) is 0 Å². The van der Waals surface area contributed by atoms with E-state index in [4.69, 9.17) is 0 Å². The second-order valence-electron chi connectivity index (χ2n) is 8.43. The number of thioether (sulfide) groups is 1. The van der Waals surface area contributed by atoms with Gasteiger partial charge in [-0.1, -0.05) is 17.8 Å². The predicted octanol–water partition coefficient (Wildman–Crippen LogP) is 2.97. The molecule has 4 aromatic rings. The molecule has 0 spiro atoms. The van der Waals surface area contributed by atoms with E-state index in [0.717, 1.165) is 36.6 Å². The number of hydrogen-bond acceptors (Lipinski definition) is 7.